The Balaban J connectivity index is 1.96. The van der Waals surface area contributed by atoms with Crippen LogP contribution in [0.25, 0.3) is 0 Å². The summed E-state index contributed by atoms with van der Waals surface area (Å²) in [5.41, 5.74) is 0. The van der Waals surface area contributed by atoms with Gasteiger partial charge in [0.1, 0.15) is 10.7 Å². The first-order chi connectivity index (χ1) is 6.67. The van der Waals surface area contributed by atoms with Gasteiger partial charge in [0.2, 0.25) is 0 Å². The van der Waals surface area contributed by atoms with E-state index in [9.17, 15) is 9.59 Å². The molecule has 0 aromatic heterocycles. The fourth-order valence-corrected chi connectivity index (χ4v) is 6.58. The number of carbonyl (C=O) groups excluding carboxylic acids is 2. The Morgan fingerprint density at radius 3 is 2.71 bits per heavy atom. The molecule has 0 aromatic rings. The zero-order valence-electron chi connectivity index (χ0n) is 7.44. The summed E-state index contributed by atoms with van der Waals surface area (Å²) in [4.78, 5) is 23.4. The van der Waals surface area contributed by atoms with E-state index in [2.05, 4.69) is 0 Å². The predicted molar refractivity (Wildman–Crippen MR) is 47.6 cm³/mol. The maximum Gasteiger partial charge on any atom is 0.158 e. The van der Waals surface area contributed by atoms with Crippen LogP contribution in [-0.2, 0) is 9.59 Å². The van der Waals surface area contributed by atoms with Crippen LogP contribution in [0.15, 0.2) is 0 Å². The van der Waals surface area contributed by atoms with Crippen LogP contribution in [0.3, 0.4) is 0 Å². The van der Waals surface area contributed by atoms with Gasteiger partial charge in [0.15, 0.2) is 5.78 Å². The fraction of sp³-hybridized carbons (Fsp3) is 0.818. The molecule has 6 bridgehead atoms. The van der Waals surface area contributed by atoms with Crippen LogP contribution in [0.1, 0.15) is 6.42 Å². The molecule has 0 amide bonds. The topological polar surface area (TPSA) is 34.1 Å². The van der Waals surface area contributed by atoms with Crippen molar-refractivity contribution in [2.24, 2.45) is 41.4 Å². The second-order valence-electron chi connectivity index (χ2n) is 5.73. The monoisotopic (exact) mass is 208 g/mol. The van der Waals surface area contributed by atoms with E-state index in [1.54, 1.807) is 0 Å². The second-order valence-corrected chi connectivity index (χ2v) is 6.36. The largest absolute Gasteiger partial charge is 0.299 e. The standard InChI is InChI=1S/C11H9ClO2/c12-11-7-3-1-2-4(5(3)10(11)14)8(11)9(13)6(2)7/h2-8H,1H2/t2-,3-,4+,5+,6+,7+,8+,11+/m1/s1. The van der Waals surface area contributed by atoms with Crippen LogP contribution in [0.5, 0.6) is 0 Å². The van der Waals surface area contributed by atoms with Crippen LogP contribution >= 0.6 is 11.6 Å². The van der Waals surface area contributed by atoms with E-state index in [0.29, 0.717) is 23.5 Å². The highest BCUT2D eigenvalue weighted by atomic mass is 35.5. The Bertz CT molecular complexity index is 431. The first kappa shape index (κ1) is 7.00. The number of carbonyl (C=O) groups is 2. The van der Waals surface area contributed by atoms with Gasteiger partial charge in [-0.25, -0.2) is 0 Å². The third kappa shape index (κ3) is 0.346. The minimum atomic E-state index is -0.714. The lowest BCUT2D eigenvalue weighted by Crippen LogP contribution is -2.41. The van der Waals surface area contributed by atoms with Crippen LogP contribution < -0.4 is 0 Å². The lowest BCUT2D eigenvalue weighted by atomic mass is 9.71. The Morgan fingerprint density at radius 2 is 2.00 bits per heavy atom. The van der Waals surface area contributed by atoms with Crippen molar-refractivity contribution in [1.29, 1.82) is 0 Å². The van der Waals surface area contributed by atoms with Gasteiger partial charge < -0.3 is 0 Å². The average molecular weight is 209 g/mol. The van der Waals surface area contributed by atoms with Crippen LogP contribution in [0.4, 0.5) is 0 Å². The second kappa shape index (κ2) is 1.51. The molecule has 6 aliphatic carbocycles. The van der Waals surface area contributed by atoms with Crippen molar-refractivity contribution in [1.82, 2.24) is 0 Å². The van der Waals surface area contributed by atoms with E-state index in [-0.39, 0.29) is 29.5 Å². The predicted octanol–water partition coefficient (Wildman–Crippen LogP) is 0.874. The Morgan fingerprint density at radius 1 is 1.21 bits per heavy atom. The van der Waals surface area contributed by atoms with Gasteiger partial charge >= 0.3 is 0 Å². The molecular formula is C11H9ClO2. The van der Waals surface area contributed by atoms with Crippen molar-refractivity contribution in [3.8, 4) is 0 Å². The number of hydrogen-bond donors (Lipinski definition) is 0. The fourth-order valence-electron chi connectivity index (χ4n) is 5.91. The number of ketones is 2. The Kier molecular flexibility index (Phi) is 0.755. The molecular weight excluding hydrogens is 200 g/mol. The smallest absolute Gasteiger partial charge is 0.158 e. The molecule has 0 N–H and O–H groups in total. The molecule has 0 spiro atoms. The number of hydrogen-bond acceptors (Lipinski definition) is 2. The van der Waals surface area contributed by atoms with Crippen molar-refractivity contribution < 1.29 is 9.59 Å². The number of rotatable bonds is 0. The van der Waals surface area contributed by atoms with Gasteiger partial charge in [0, 0.05) is 17.8 Å². The summed E-state index contributed by atoms with van der Waals surface area (Å²) in [6.07, 6.45) is 1.12. The van der Waals surface area contributed by atoms with Crippen LogP contribution in [-0.4, -0.2) is 16.4 Å². The van der Waals surface area contributed by atoms with Gasteiger partial charge in [-0.2, -0.15) is 0 Å². The van der Waals surface area contributed by atoms with E-state index < -0.39 is 4.87 Å². The van der Waals surface area contributed by atoms with Crippen molar-refractivity contribution in [3.05, 3.63) is 0 Å². The Labute approximate surface area is 86.0 Å². The van der Waals surface area contributed by atoms with Gasteiger partial charge in [-0.05, 0) is 30.1 Å². The molecule has 0 aromatic carbocycles. The summed E-state index contributed by atoms with van der Waals surface area (Å²) in [5, 5.41) is 0. The lowest BCUT2D eigenvalue weighted by molar-refractivity contribution is -0.124. The third-order valence-electron chi connectivity index (χ3n) is 5.86. The van der Waals surface area contributed by atoms with Gasteiger partial charge in [-0.1, -0.05) is 0 Å². The van der Waals surface area contributed by atoms with Crippen LogP contribution in [0.2, 0.25) is 0 Å². The molecule has 6 rings (SSSR count). The van der Waals surface area contributed by atoms with E-state index in [4.69, 9.17) is 11.6 Å². The third-order valence-corrected chi connectivity index (χ3v) is 6.54. The SMILES string of the molecule is O=C1[C@H]2[C@@H]3C[C@@H]4[C@@H]5C(=O)[C@](Cl)([C@@H]42)[C@H]1[C@@H]35. The van der Waals surface area contributed by atoms with E-state index in [1.807, 2.05) is 0 Å². The molecule has 8 atom stereocenters. The highest BCUT2D eigenvalue weighted by molar-refractivity contribution is 6.41. The highest BCUT2D eigenvalue weighted by Gasteiger charge is 2.89. The zero-order chi connectivity index (χ0) is 9.40. The van der Waals surface area contributed by atoms with E-state index in [1.165, 1.54) is 0 Å². The minimum Gasteiger partial charge on any atom is -0.299 e. The van der Waals surface area contributed by atoms with Crippen molar-refractivity contribution >= 4 is 23.2 Å². The summed E-state index contributed by atoms with van der Waals surface area (Å²) in [6.45, 7) is 0. The lowest BCUT2D eigenvalue weighted by Gasteiger charge is -2.35. The molecule has 3 heteroatoms. The zero-order valence-corrected chi connectivity index (χ0v) is 8.20. The van der Waals surface area contributed by atoms with E-state index in [0.717, 1.165) is 6.42 Å². The molecule has 6 fully saturated rings. The van der Waals surface area contributed by atoms with E-state index >= 15 is 0 Å². The Hall–Kier alpha value is -0.370. The van der Waals surface area contributed by atoms with Crippen molar-refractivity contribution in [2.75, 3.05) is 0 Å². The molecule has 0 radical (unpaired) electrons. The molecule has 0 heterocycles. The maximum absolute atomic E-state index is 12.1. The van der Waals surface area contributed by atoms with Gasteiger partial charge in [0.25, 0.3) is 0 Å². The minimum absolute atomic E-state index is 0.0691. The molecule has 0 saturated heterocycles. The quantitative estimate of drug-likeness (QED) is 0.554. The average Bonchev–Trinajstić information content (AvgIpc) is 2.81. The first-order valence-electron chi connectivity index (χ1n) is 5.44. The number of alkyl halides is 1. The maximum atomic E-state index is 12.1. The molecule has 0 unspecified atom stereocenters. The molecule has 72 valence electrons. The van der Waals surface area contributed by atoms with Crippen molar-refractivity contribution in [3.63, 3.8) is 0 Å². The normalized spacial score (nSPS) is 75.1. The van der Waals surface area contributed by atoms with Gasteiger partial charge in [-0.15, -0.1) is 11.6 Å². The summed E-state index contributed by atoms with van der Waals surface area (Å²) in [7, 11) is 0. The number of Topliss-reactive ketones (excluding diaryl/α,β-unsaturated/α-hetero) is 2. The molecule has 6 aliphatic rings. The summed E-state index contributed by atoms with van der Waals surface area (Å²) >= 11 is 6.48. The summed E-state index contributed by atoms with van der Waals surface area (Å²) in [5.74, 6) is 2.54. The molecule has 2 nitrogen and oxygen atoms in total. The molecule has 0 aliphatic heterocycles. The first-order valence-corrected chi connectivity index (χ1v) is 5.82. The molecule has 6 saturated carbocycles. The molecule has 14 heavy (non-hydrogen) atoms. The van der Waals surface area contributed by atoms with Gasteiger partial charge in [0.05, 0.1) is 0 Å². The van der Waals surface area contributed by atoms with Gasteiger partial charge in [-0.3, -0.25) is 9.59 Å². The summed E-state index contributed by atoms with van der Waals surface area (Å²) in [6, 6.07) is 0. The highest BCUT2D eigenvalue weighted by Crippen LogP contribution is 2.83. The summed E-state index contributed by atoms with van der Waals surface area (Å²) < 4.78 is 0. The number of halogens is 1. The van der Waals surface area contributed by atoms with Crippen LogP contribution in [0, 0.1) is 41.4 Å². The van der Waals surface area contributed by atoms with Crippen molar-refractivity contribution in [2.45, 2.75) is 11.3 Å².